The van der Waals surface area contributed by atoms with Crippen molar-refractivity contribution in [2.24, 2.45) is 7.05 Å². The average Bonchev–Trinajstić information content (AvgIpc) is 3.07. The van der Waals surface area contributed by atoms with Crippen LogP contribution < -0.4 is 10.6 Å². The number of nitrogens with zero attached hydrogens (tertiary/aromatic N) is 3. The summed E-state index contributed by atoms with van der Waals surface area (Å²) in [5.41, 5.74) is 3.45. The molecule has 32 heavy (non-hydrogen) atoms. The zero-order chi connectivity index (χ0) is 22.7. The number of fused-ring (bicyclic) bond motifs is 1. The first kappa shape index (κ1) is 21.5. The van der Waals surface area contributed by atoms with Gasteiger partial charge in [0.25, 0.3) is 5.91 Å². The number of pyridine rings is 1. The number of carbonyl (C=O) groups is 2. The zero-order valence-electron chi connectivity index (χ0n) is 17.7. The Hall–Kier alpha value is -3.71. The summed E-state index contributed by atoms with van der Waals surface area (Å²) in [5.74, 6) is -0.687. The molecular formula is C24H22ClN5O2. The number of nitrogens with one attached hydrogen (secondary N) is 2. The van der Waals surface area contributed by atoms with Gasteiger partial charge in [-0.05, 0) is 42.8 Å². The number of rotatable bonds is 6. The number of hydrogen-bond acceptors (Lipinski definition) is 4. The first-order valence-corrected chi connectivity index (χ1v) is 10.5. The fraction of sp³-hybridized carbons (Fsp3) is 0.167. The van der Waals surface area contributed by atoms with Gasteiger partial charge in [0, 0.05) is 29.4 Å². The zero-order valence-corrected chi connectivity index (χ0v) is 18.4. The highest BCUT2D eigenvalue weighted by Crippen LogP contribution is 2.20. The van der Waals surface area contributed by atoms with E-state index >= 15 is 0 Å². The van der Waals surface area contributed by atoms with Gasteiger partial charge in [-0.2, -0.15) is 5.10 Å². The molecule has 0 fully saturated rings. The number of carbonyl (C=O) groups excluding carboxylic acids is 2. The van der Waals surface area contributed by atoms with Gasteiger partial charge in [0.1, 0.15) is 6.04 Å². The second-order valence-electron chi connectivity index (χ2n) is 7.52. The Bertz CT molecular complexity index is 1270. The SMILES string of the molecule is Cc1nn(C)c2ncc(NC(=O)C(Cc3ccccc3)NC(=O)c3ccc(Cl)cc3)cc12. The van der Waals surface area contributed by atoms with Crippen LogP contribution in [0.1, 0.15) is 21.6 Å². The number of aromatic nitrogens is 3. The Labute approximate surface area is 190 Å². The van der Waals surface area contributed by atoms with E-state index in [0.29, 0.717) is 22.7 Å². The quantitative estimate of drug-likeness (QED) is 0.469. The third kappa shape index (κ3) is 4.78. The molecule has 2 aromatic heterocycles. The van der Waals surface area contributed by atoms with Crippen LogP contribution in [-0.4, -0.2) is 32.6 Å². The van der Waals surface area contributed by atoms with E-state index in [0.717, 1.165) is 22.3 Å². The summed E-state index contributed by atoms with van der Waals surface area (Å²) in [6, 6.07) is 17.1. The predicted molar refractivity (Wildman–Crippen MR) is 125 cm³/mol. The van der Waals surface area contributed by atoms with Crippen molar-refractivity contribution >= 4 is 40.1 Å². The third-order valence-corrected chi connectivity index (χ3v) is 5.39. The monoisotopic (exact) mass is 447 g/mol. The maximum atomic E-state index is 13.2. The van der Waals surface area contributed by atoms with Crippen LogP contribution in [0.15, 0.2) is 66.9 Å². The van der Waals surface area contributed by atoms with Crippen LogP contribution in [0.3, 0.4) is 0 Å². The molecule has 0 radical (unpaired) electrons. The van der Waals surface area contributed by atoms with E-state index in [1.54, 1.807) is 35.1 Å². The van der Waals surface area contributed by atoms with Gasteiger partial charge in [-0.15, -0.1) is 0 Å². The van der Waals surface area contributed by atoms with Gasteiger partial charge >= 0.3 is 0 Å². The Kier molecular flexibility index (Phi) is 6.18. The van der Waals surface area contributed by atoms with Gasteiger partial charge in [0.15, 0.2) is 5.65 Å². The molecular weight excluding hydrogens is 426 g/mol. The minimum atomic E-state index is -0.786. The van der Waals surface area contributed by atoms with Crippen molar-refractivity contribution in [3.05, 3.63) is 88.7 Å². The summed E-state index contributed by atoms with van der Waals surface area (Å²) in [6.45, 7) is 1.89. The number of hydrogen-bond donors (Lipinski definition) is 2. The molecule has 2 amide bonds. The van der Waals surface area contributed by atoms with Crippen molar-refractivity contribution in [3.63, 3.8) is 0 Å². The maximum absolute atomic E-state index is 13.2. The number of halogens is 1. The van der Waals surface area contributed by atoms with Crippen LogP contribution in [-0.2, 0) is 18.3 Å². The van der Waals surface area contributed by atoms with Gasteiger partial charge in [0.05, 0.1) is 17.6 Å². The number of aryl methyl sites for hydroxylation is 2. The second kappa shape index (κ2) is 9.20. The number of benzene rings is 2. The fourth-order valence-corrected chi connectivity index (χ4v) is 3.63. The minimum Gasteiger partial charge on any atom is -0.340 e. The Balaban J connectivity index is 1.57. The molecule has 0 saturated carbocycles. The van der Waals surface area contributed by atoms with Crippen LogP contribution in [0.5, 0.6) is 0 Å². The first-order valence-electron chi connectivity index (χ1n) is 10.1. The molecule has 0 saturated heterocycles. The van der Waals surface area contributed by atoms with Crippen molar-refractivity contribution in [1.29, 1.82) is 0 Å². The standard InChI is InChI=1S/C24H22ClN5O2/c1-15-20-13-19(14-26-22(20)30(2)29-15)27-24(32)21(12-16-6-4-3-5-7-16)28-23(31)17-8-10-18(25)11-9-17/h3-11,13-14,21H,12H2,1-2H3,(H,27,32)(H,28,31). The van der Waals surface area contributed by atoms with E-state index in [9.17, 15) is 9.59 Å². The average molecular weight is 448 g/mol. The van der Waals surface area contributed by atoms with Gasteiger partial charge < -0.3 is 10.6 Å². The summed E-state index contributed by atoms with van der Waals surface area (Å²) in [5, 5.41) is 11.5. The predicted octanol–water partition coefficient (Wildman–Crippen LogP) is 3.91. The Morgan fingerprint density at radius 2 is 1.81 bits per heavy atom. The highest BCUT2D eigenvalue weighted by molar-refractivity contribution is 6.30. The van der Waals surface area contributed by atoms with Crippen molar-refractivity contribution in [2.45, 2.75) is 19.4 Å². The summed E-state index contributed by atoms with van der Waals surface area (Å²) < 4.78 is 1.70. The summed E-state index contributed by atoms with van der Waals surface area (Å²) >= 11 is 5.92. The van der Waals surface area contributed by atoms with Crippen LogP contribution in [0.4, 0.5) is 5.69 Å². The van der Waals surface area contributed by atoms with E-state index in [-0.39, 0.29) is 11.8 Å². The molecule has 7 nitrogen and oxygen atoms in total. The molecule has 0 bridgehead atoms. The van der Waals surface area contributed by atoms with Crippen LogP contribution in [0.25, 0.3) is 11.0 Å². The highest BCUT2D eigenvalue weighted by Gasteiger charge is 2.23. The summed E-state index contributed by atoms with van der Waals surface area (Å²) in [4.78, 5) is 30.3. The summed E-state index contributed by atoms with van der Waals surface area (Å²) in [7, 11) is 1.82. The molecule has 162 valence electrons. The molecule has 0 aliphatic carbocycles. The normalized spacial score (nSPS) is 11.8. The Morgan fingerprint density at radius 1 is 1.09 bits per heavy atom. The molecule has 4 rings (SSSR count). The largest absolute Gasteiger partial charge is 0.340 e. The smallest absolute Gasteiger partial charge is 0.251 e. The number of anilines is 1. The van der Waals surface area contributed by atoms with E-state index in [2.05, 4.69) is 20.7 Å². The second-order valence-corrected chi connectivity index (χ2v) is 7.95. The lowest BCUT2D eigenvalue weighted by Gasteiger charge is -2.19. The number of amides is 2. The van der Waals surface area contributed by atoms with Crippen LogP contribution in [0.2, 0.25) is 5.02 Å². The van der Waals surface area contributed by atoms with E-state index in [4.69, 9.17) is 11.6 Å². The third-order valence-electron chi connectivity index (χ3n) is 5.14. The van der Waals surface area contributed by atoms with Gasteiger partial charge in [-0.3, -0.25) is 14.3 Å². The molecule has 4 aromatic rings. The highest BCUT2D eigenvalue weighted by atomic mass is 35.5. The molecule has 0 aliphatic heterocycles. The van der Waals surface area contributed by atoms with Gasteiger partial charge in [-0.1, -0.05) is 41.9 Å². The van der Waals surface area contributed by atoms with Crippen molar-refractivity contribution in [3.8, 4) is 0 Å². The molecule has 2 N–H and O–H groups in total. The molecule has 2 aromatic carbocycles. The van der Waals surface area contributed by atoms with Gasteiger partial charge in [0.2, 0.25) is 5.91 Å². The van der Waals surface area contributed by atoms with Crippen molar-refractivity contribution in [1.82, 2.24) is 20.1 Å². The molecule has 2 heterocycles. The van der Waals surface area contributed by atoms with Gasteiger partial charge in [-0.25, -0.2) is 4.98 Å². The molecule has 1 atom stereocenters. The lowest BCUT2D eigenvalue weighted by molar-refractivity contribution is -0.118. The van der Waals surface area contributed by atoms with Crippen LogP contribution in [0, 0.1) is 6.92 Å². The lowest BCUT2D eigenvalue weighted by atomic mass is 10.0. The maximum Gasteiger partial charge on any atom is 0.251 e. The fourth-order valence-electron chi connectivity index (χ4n) is 3.51. The van der Waals surface area contributed by atoms with E-state index in [1.165, 1.54) is 0 Å². The van der Waals surface area contributed by atoms with Crippen molar-refractivity contribution < 1.29 is 9.59 Å². The first-order chi connectivity index (χ1) is 15.4. The van der Waals surface area contributed by atoms with Crippen LogP contribution >= 0.6 is 11.6 Å². The molecule has 0 spiro atoms. The van der Waals surface area contributed by atoms with Crippen molar-refractivity contribution in [2.75, 3.05) is 5.32 Å². The lowest BCUT2D eigenvalue weighted by Crippen LogP contribution is -2.45. The van der Waals surface area contributed by atoms with E-state index < -0.39 is 6.04 Å². The molecule has 8 heteroatoms. The Morgan fingerprint density at radius 3 is 2.53 bits per heavy atom. The summed E-state index contributed by atoms with van der Waals surface area (Å²) in [6.07, 6.45) is 1.93. The van der Waals surface area contributed by atoms with E-state index in [1.807, 2.05) is 50.4 Å². The molecule has 1 unspecified atom stereocenters. The minimum absolute atomic E-state index is 0.334. The molecule has 0 aliphatic rings. The topological polar surface area (TPSA) is 88.9 Å².